The average Bonchev–Trinajstić information content (AvgIpc) is 2.56. The summed E-state index contributed by atoms with van der Waals surface area (Å²) in [6.45, 7) is 0. The standard InChI is InChI=1S/C18H14N2O4/c21-13-5-1-11(2-6-13)19-15-9-16(18(24)10-17(15)23)20-12-3-7-14(22)8-4-12/h1-8,21-22H,9-10H2. The highest BCUT2D eigenvalue weighted by Crippen LogP contribution is 2.22. The molecule has 0 heterocycles. The van der Waals surface area contributed by atoms with E-state index < -0.39 is 0 Å². The monoisotopic (exact) mass is 322 g/mol. The van der Waals surface area contributed by atoms with Crippen LogP contribution in [0.1, 0.15) is 12.8 Å². The fourth-order valence-corrected chi connectivity index (χ4v) is 2.28. The molecule has 0 radical (unpaired) electrons. The lowest BCUT2D eigenvalue weighted by molar-refractivity contribution is -0.120. The highest BCUT2D eigenvalue weighted by molar-refractivity contribution is 6.61. The van der Waals surface area contributed by atoms with Crippen LogP contribution in [0.4, 0.5) is 11.4 Å². The molecule has 0 bridgehead atoms. The molecule has 1 saturated carbocycles. The molecular formula is C18H14N2O4. The van der Waals surface area contributed by atoms with Gasteiger partial charge < -0.3 is 10.2 Å². The third-order valence-electron chi connectivity index (χ3n) is 3.53. The van der Waals surface area contributed by atoms with Gasteiger partial charge in [0, 0.05) is 6.42 Å². The van der Waals surface area contributed by atoms with Crippen molar-refractivity contribution in [2.45, 2.75) is 12.8 Å². The molecule has 0 saturated heterocycles. The Morgan fingerprint density at radius 3 is 1.38 bits per heavy atom. The van der Waals surface area contributed by atoms with E-state index in [1.165, 1.54) is 24.3 Å². The van der Waals surface area contributed by atoms with E-state index in [0.29, 0.717) is 11.4 Å². The quantitative estimate of drug-likeness (QED) is 0.830. The first kappa shape index (κ1) is 15.6. The molecule has 6 heteroatoms. The zero-order valence-electron chi connectivity index (χ0n) is 12.6. The van der Waals surface area contributed by atoms with Gasteiger partial charge in [-0.15, -0.1) is 0 Å². The van der Waals surface area contributed by atoms with Crippen molar-refractivity contribution >= 4 is 34.4 Å². The predicted octanol–water partition coefficient (Wildman–Crippen LogP) is 2.88. The Labute approximate surface area is 137 Å². The number of carbonyl (C=O) groups excluding carboxylic acids is 2. The Bertz CT molecular complexity index is 778. The van der Waals surface area contributed by atoms with Gasteiger partial charge in [0.05, 0.1) is 29.2 Å². The van der Waals surface area contributed by atoms with Gasteiger partial charge in [-0.05, 0) is 48.5 Å². The topological polar surface area (TPSA) is 99.3 Å². The SMILES string of the molecule is O=C1CC(=O)C(=Nc2ccc(O)cc2)CC1=Nc1ccc(O)cc1. The van der Waals surface area contributed by atoms with Gasteiger partial charge in [0.25, 0.3) is 0 Å². The average molecular weight is 322 g/mol. The largest absolute Gasteiger partial charge is 0.508 e. The van der Waals surface area contributed by atoms with Crippen molar-refractivity contribution in [2.75, 3.05) is 0 Å². The molecule has 0 amide bonds. The summed E-state index contributed by atoms with van der Waals surface area (Å²) in [6.07, 6.45) is -0.201. The number of benzene rings is 2. The highest BCUT2D eigenvalue weighted by Gasteiger charge is 2.28. The number of phenolic OH excluding ortho intramolecular Hbond substituents is 2. The smallest absolute Gasteiger partial charge is 0.185 e. The number of aromatic hydroxyl groups is 2. The van der Waals surface area contributed by atoms with Gasteiger partial charge in [0.2, 0.25) is 0 Å². The summed E-state index contributed by atoms with van der Waals surface area (Å²) in [7, 11) is 0. The summed E-state index contributed by atoms with van der Waals surface area (Å²) in [5.41, 5.74) is 1.57. The van der Waals surface area contributed by atoms with Gasteiger partial charge in [-0.25, -0.2) is 9.98 Å². The zero-order valence-corrected chi connectivity index (χ0v) is 12.6. The van der Waals surface area contributed by atoms with E-state index >= 15 is 0 Å². The first-order chi connectivity index (χ1) is 11.5. The van der Waals surface area contributed by atoms with Crippen LogP contribution in [0.5, 0.6) is 11.5 Å². The van der Waals surface area contributed by atoms with Crippen molar-refractivity contribution in [3.63, 3.8) is 0 Å². The summed E-state index contributed by atoms with van der Waals surface area (Å²) in [6, 6.07) is 12.2. The van der Waals surface area contributed by atoms with Crippen molar-refractivity contribution < 1.29 is 19.8 Å². The van der Waals surface area contributed by atoms with E-state index in [9.17, 15) is 19.8 Å². The molecular weight excluding hydrogens is 308 g/mol. The number of ketones is 2. The maximum Gasteiger partial charge on any atom is 0.185 e. The van der Waals surface area contributed by atoms with E-state index in [-0.39, 0.29) is 47.3 Å². The van der Waals surface area contributed by atoms with Crippen LogP contribution in [0.2, 0.25) is 0 Å². The molecule has 120 valence electrons. The van der Waals surface area contributed by atoms with Gasteiger partial charge in [-0.3, -0.25) is 9.59 Å². The van der Waals surface area contributed by atoms with Gasteiger partial charge in [0.15, 0.2) is 11.6 Å². The summed E-state index contributed by atoms with van der Waals surface area (Å²) in [5.74, 6) is -0.423. The lowest BCUT2D eigenvalue weighted by atomic mass is 9.93. The Kier molecular flexibility index (Phi) is 4.20. The third kappa shape index (κ3) is 3.55. The van der Waals surface area contributed by atoms with E-state index in [4.69, 9.17) is 0 Å². The molecule has 1 aliphatic carbocycles. The number of phenols is 2. The van der Waals surface area contributed by atoms with Crippen LogP contribution in [0.15, 0.2) is 58.5 Å². The maximum atomic E-state index is 12.0. The van der Waals surface area contributed by atoms with Crippen LogP contribution in [0.25, 0.3) is 0 Å². The number of aliphatic imine (C=N–C) groups is 2. The molecule has 0 unspecified atom stereocenters. The second-order valence-electron chi connectivity index (χ2n) is 5.35. The Morgan fingerprint density at radius 1 is 0.625 bits per heavy atom. The maximum absolute atomic E-state index is 12.0. The highest BCUT2D eigenvalue weighted by atomic mass is 16.3. The number of rotatable bonds is 2. The molecule has 0 aromatic heterocycles. The van der Waals surface area contributed by atoms with Crippen LogP contribution >= 0.6 is 0 Å². The lowest BCUT2D eigenvalue weighted by Gasteiger charge is -2.13. The molecule has 0 atom stereocenters. The number of Topliss-reactive ketones (excluding diaryl/α,β-unsaturated/α-hetero) is 2. The minimum atomic E-state index is -0.322. The number of hydrogen-bond acceptors (Lipinski definition) is 6. The molecule has 0 spiro atoms. The minimum absolute atomic E-state index is 0.0550. The van der Waals surface area contributed by atoms with Crippen LogP contribution < -0.4 is 0 Å². The second kappa shape index (κ2) is 6.45. The van der Waals surface area contributed by atoms with Gasteiger partial charge in [0.1, 0.15) is 11.5 Å². The van der Waals surface area contributed by atoms with E-state index in [0.717, 1.165) is 0 Å². The van der Waals surface area contributed by atoms with Gasteiger partial charge >= 0.3 is 0 Å². The van der Waals surface area contributed by atoms with E-state index in [2.05, 4.69) is 9.98 Å². The van der Waals surface area contributed by atoms with Crippen LogP contribution in [0.3, 0.4) is 0 Å². The zero-order chi connectivity index (χ0) is 17.1. The van der Waals surface area contributed by atoms with Crippen molar-refractivity contribution in [1.82, 2.24) is 0 Å². The second-order valence-corrected chi connectivity index (χ2v) is 5.35. The molecule has 0 aliphatic heterocycles. The Balaban J connectivity index is 1.89. The molecule has 2 N–H and O–H groups in total. The van der Waals surface area contributed by atoms with Gasteiger partial charge in [-0.1, -0.05) is 0 Å². The van der Waals surface area contributed by atoms with Crippen molar-refractivity contribution in [3.8, 4) is 11.5 Å². The first-order valence-corrected chi connectivity index (χ1v) is 7.31. The predicted molar refractivity (Wildman–Crippen MR) is 89.7 cm³/mol. The molecule has 2 aromatic carbocycles. The molecule has 3 rings (SSSR count). The van der Waals surface area contributed by atoms with Crippen molar-refractivity contribution in [1.29, 1.82) is 0 Å². The third-order valence-corrected chi connectivity index (χ3v) is 3.53. The molecule has 2 aromatic rings. The van der Waals surface area contributed by atoms with Crippen molar-refractivity contribution in [2.24, 2.45) is 9.98 Å². The summed E-state index contributed by atoms with van der Waals surface area (Å²) in [4.78, 5) is 32.6. The lowest BCUT2D eigenvalue weighted by Crippen LogP contribution is -2.32. The van der Waals surface area contributed by atoms with Gasteiger partial charge in [-0.2, -0.15) is 0 Å². The number of hydrogen-bond donors (Lipinski definition) is 2. The Morgan fingerprint density at radius 2 is 1.00 bits per heavy atom. The molecule has 24 heavy (non-hydrogen) atoms. The summed E-state index contributed by atoms with van der Waals surface area (Å²) < 4.78 is 0. The first-order valence-electron chi connectivity index (χ1n) is 7.31. The molecule has 1 fully saturated rings. The molecule has 1 aliphatic rings. The summed E-state index contributed by atoms with van der Waals surface area (Å²) in [5, 5.41) is 18.6. The fraction of sp³-hybridized carbons (Fsp3) is 0.111. The van der Waals surface area contributed by atoms with Crippen molar-refractivity contribution in [3.05, 3.63) is 48.5 Å². The number of nitrogens with zero attached hydrogens (tertiary/aromatic N) is 2. The van der Waals surface area contributed by atoms with Crippen LogP contribution in [-0.4, -0.2) is 33.2 Å². The van der Waals surface area contributed by atoms with Crippen LogP contribution in [-0.2, 0) is 9.59 Å². The summed E-state index contributed by atoms with van der Waals surface area (Å²) >= 11 is 0. The normalized spacial score (nSPS) is 18.3. The van der Waals surface area contributed by atoms with Crippen LogP contribution in [0, 0.1) is 0 Å². The van der Waals surface area contributed by atoms with E-state index in [1.807, 2.05) is 0 Å². The fourth-order valence-electron chi connectivity index (χ4n) is 2.28. The van der Waals surface area contributed by atoms with E-state index in [1.54, 1.807) is 24.3 Å². The minimum Gasteiger partial charge on any atom is -0.508 e. The molecule has 6 nitrogen and oxygen atoms in total. The number of carbonyl (C=O) groups is 2. The Hall–Kier alpha value is -3.28.